The normalized spacial score (nSPS) is 10.9. The minimum atomic E-state index is 0.508. The van der Waals surface area contributed by atoms with E-state index < -0.39 is 0 Å². The van der Waals surface area contributed by atoms with E-state index in [9.17, 15) is 0 Å². The van der Waals surface area contributed by atoms with Gasteiger partial charge in [0.05, 0.1) is 0 Å². The van der Waals surface area contributed by atoms with Crippen molar-refractivity contribution in [3.05, 3.63) is 35.4 Å². The minimum Gasteiger partial charge on any atom is -0.316 e. The zero-order valence-electron chi connectivity index (χ0n) is 8.83. The predicted molar refractivity (Wildman–Crippen MR) is 57.3 cm³/mol. The van der Waals surface area contributed by atoms with Gasteiger partial charge in [-0.2, -0.15) is 0 Å². The highest BCUT2D eigenvalue weighted by Crippen LogP contribution is 2.05. The number of benzene rings is 1. The Hall–Kier alpha value is -0.900. The fraction of sp³-hybridized carbons (Fsp3) is 0.455. The van der Waals surface area contributed by atoms with Gasteiger partial charge in [0.1, 0.15) is 0 Å². The molecule has 0 atom stereocenters. The number of nitrogens with one attached hydrogen (secondary N) is 1. The third-order valence-corrected chi connectivity index (χ3v) is 2.15. The topological polar surface area (TPSA) is 35.5 Å². The number of likely N-dealkylation sites (N-methyl/N-ethyl adjacent to an activating group) is 1. The maximum absolute atomic E-state index is 8.51. The van der Waals surface area contributed by atoms with Gasteiger partial charge in [0.25, 0.3) is 0 Å². The fourth-order valence-corrected chi connectivity index (χ4v) is 1.27. The summed E-state index contributed by atoms with van der Waals surface area (Å²) < 4.78 is 0. The first kappa shape index (κ1) is 11.2. The van der Waals surface area contributed by atoms with E-state index in [0.717, 1.165) is 18.5 Å². The zero-order valence-corrected chi connectivity index (χ0v) is 8.83. The highest BCUT2D eigenvalue weighted by molar-refractivity contribution is 5.22. The first-order valence-corrected chi connectivity index (χ1v) is 4.82. The van der Waals surface area contributed by atoms with Gasteiger partial charge < -0.3 is 10.1 Å². The maximum atomic E-state index is 8.51. The van der Waals surface area contributed by atoms with Crippen molar-refractivity contribution in [3.63, 3.8) is 0 Å². The number of rotatable bonds is 5. The van der Waals surface area contributed by atoms with Gasteiger partial charge in [-0.05, 0) is 31.6 Å². The Bertz CT molecular complexity index is 256. The van der Waals surface area contributed by atoms with E-state index in [0.29, 0.717) is 6.54 Å². The molecule has 0 fully saturated rings. The summed E-state index contributed by atoms with van der Waals surface area (Å²) in [5.41, 5.74) is 4.58. The third-order valence-electron chi connectivity index (χ3n) is 2.15. The molecule has 1 aromatic rings. The quantitative estimate of drug-likeness (QED) is 0.693. The van der Waals surface area contributed by atoms with Gasteiger partial charge in [0.2, 0.25) is 0 Å². The Morgan fingerprint density at radius 2 is 1.71 bits per heavy atom. The van der Waals surface area contributed by atoms with Crippen molar-refractivity contribution in [1.82, 2.24) is 10.4 Å². The molecule has 2 N–H and O–H groups in total. The molecule has 3 heteroatoms. The minimum absolute atomic E-state index is 0.508. The zero-order chi connectivity index (χ0) is 10.4. The Balaban J connectivity index is 2.46. The second-order valence-corrected chi connectivity index (χ2v) is 3.70. The molecule has 0 amide bonds. The van der Waals surface area contributed by atoms with Gasteiger partial charge in [0, 0.05) is 13.1 Å². The van der Waals surface area contributed by atoms with E-state index in [1.54, 1.807) is 0 Å². The Morgan fingerprint density at radius 3 is 2.21 bits per heavy atom. The van der Waals surface area contributed by atoms with E-state index in [2.05, 4.69) is 36.6 Å². The lowest BCUT2D eigenvalue weighted by atomic mass is 10.1. The van der Waals surface area contributed by atoms with E-state index in [1.165, 1.54) is 5.56 Å². The molecule has 0 bridgehead atoms. The van der Waals surface area contributed by atoms with Gasteiger partial charge in [0.15, 0.2) is 0 Å². The predicted octanol–water partition coefficient (Wildman–Crippen LogP) is 1.27. The van der Waals surface area contributed by atoms with E-state index in [4.69, 9.17) is 5.21 Å². The molecule has 3 nitrogen and oxygen atoms in total. The lowest BCUT2D eigenvalue weighted by molar-refractivity contribution is 0.161. The molecule has 0 aliphatic rings. The second-order valence-electron chi connectivity index (χ2n) is 3.70. The fourth-order valence-electron chi connectivity index (χ4n) is 1.27. The van der Waals surface area contributed by atoms with Crippen LogP contribution < -0.4 is 5.48 Å². The molecule has 78 valence electrons. The van der Waals surface area contributed by atoms with E-state index in [-0.39, 0.29) is 0 Å². The maximum Gasteiger partial charge on any atom is 0.0458 e. The largest absolute Gasteiger partial charge is 0.316 e. The van der Waals surface area contributed by atoms with Crippen molar-refractivity contribution < 1.29 is 5.21 Å². The molecule has 14 heavy (non-hydrogen) atoms. The van der Waals surface area contributed by atoms with Crippen LogP contribution in [-0.4, -0.2) is 30.7 Å². The number of hydrogen-bond acceptors (Lipinski definition) is 3. The van der Waals surface area contributed by atoms with Crippen LogP contribution in [0.3, 0.4) is 0 Å². The summed E-state index contributed by atoms with van der Waals surface area (Å²) in [5, 5.41) is 8.51. The van der Waals surface area contributed by atoms with E-state index in [1.807, 2.05) is 12.1 Å². The van der Waals surface area contributed by atoms with Crippen LogP contribution in [0.15, 0.2) is 24.3 Å². The highest BCUT2D eigenvalue weighted by atomic mass is 16.5. The molecule has 1 rings (SSSR count). The van der Waals surface area contributed by atoms with Crippen LogP contribution in [-0.2, 0) is 13.0 Å². The third kappa shape index (κ3) is 3.87. The summed E-state index contributed by atoms with van der Waals surface area (Å²) in [6.45, 7) is 1.57. The van der Waals surface area contributed by atoms with Crippen LogP contribution >= 0.6 is 0 Å². The van der Waals surface area contributed by atoms with Crippen molar-refractivity contribution in [2.45, 2.75) is 13.0 Å². The van der Waals surface area contributed by atoms with Gasteiger partial charge in [-0.1, -0.05) is 24.3 Å². The van der Waals surface area contributed by atoms with Gasteiger partial charge in [-0.3, -0.25) is 0 Å². The van der Waals surface area contributed by atoms with Crippen LogP contribution in [0.4, 0.5) is 0 Å². The molecule has 0 aromatic heterocycles. The summed E-state index contributed by atoms with van der Waals surface area (Å²) in [4.78, 5) is 2.17. The van der Waals surface area contributed by atoms with Gasteiger partial charge in [-0.15, -0.1) is 0 Å². The number of hydrogen-bond donors (Lipinski definition) is 2. The molecule has 0 unspecified atom stereocenters. The summed E-state index contributed by atoms with van der Waals surface area (Å²) in [6, 6.07) is 8.29. The van der Waals surface area contributed by atoms with Gasteiger partial charge in [-0.25, -0.2) is 5.48 Å². The summed E-state index contributed by atoms with van der Waals surface area (Å²) >= 11 is 0. The molecule has 0 saturated heterocycles. The van der Waals surface area contributed by atoms with Crippen LogP contribution in [0, 0.1) is 0 Å². The molecule has 0 heterocycles. The highest BCUT2D eigenvalue weighted by Gasteiger charge is 1.95. The molecular weight excluding hydrogens is 176 g/mol. The Morgan fingerprint density at radius 1 is 1.14 bits per heavy atom. The Labute approximate surface area is 85.3 Å². The molecular formula is C11H18N2O. The SMILES string of the molecule is CN(C)CCc1ccc(CNO)cc1. The Kier molecular flexibility index (Phi) is 4.59. The van der Waals surface area contributed by atoms with Crippen LogP contribution in [0.1, 0.15) is 11.1 Å². The first-order chi connectivity index (χ1) is 6.72. The summed E-state index contributed by atoms with van der Waals surface area (Å²) in [6.07, 6.45) is 1.07. The molecule has 0 aliphatic carbocycles. The first-order valence-electron chi connectivity index (χ1n) is 4.82. The van der Waals surface area contributed by atoms with Crippen LogP contribution in [0.5, 0.6) is 0 Å². The van der Waals surface area contributed by atoms with Crippen LogP contribution in [0.25, 0.3) is 0 Å². The molecule has 0 aliphatic heterocycles. The summed E-state index contributed by atoms with van der Waals surface area (Å²) in [7, 11) is 4.15. The lowest BCUT2D eigenvalue weighted by Gasteiger charge is -2.09. The standard InChI is InChI=1S/C11H18N2O/c1-13(2)8-7-10-3-5-11(6-4-10)9-12-14/h3-6,12,14H,7-9H2,1-2H3. The summed E-state index contributed by atoms with van der Waals surface area (Å²) in [5.74, 6) is 0. The molecule has 0 radical (unpaired) electrons. The molecule has 0 spiro atoms. The van der Waals surface area contributed by atoms with Crippen molar-refractivity contribution in [1.29, 1.82) is 0 Å². The van der Waals surface area contributed by atoms with Gasteiger partial charge >= 0.3 is 0 Å². The molecule has 0 saturated carbocycles. The molecule has 1 aromatic carbocycles. The smallest absolute Gasteiger partial charge is 0.0458 e. The average Bonchev–Trinajstić information content (AvgIpc) is 2.17. The van der Waals surface area contributed by atoms with Crippen molar-refractivity contribution in [2.75, 3.05) is 20.6 Å². The van der Waals surface area contributed by atoms with Crippen molar-refractivity contribution >= 4 is 0 Å². The number of hydroxylamine groups is 1. The number of nitrogens with zero attached hydrogens (tertiary/aromatic N) is 1. The monoisotopic (exact) mass is 194 g/mol. The second kappa shape index (κ2) is 5.75. The van der Waals surface area contributed by atoms with Crippen LogP contribution in [0.2, 0.25) is 0 Å². The van der Waals surface area contributed by atoms with Crippen molar-refractivity contribution in [3.8, 4) is 0 Å². The average molecular weight is 194 g/mol. The van der Waals surface area contributed by atoms with E-state index >= 15 is 0 Å². The lowest BCUT2D eigenvalue weighted by Crippen LogP contribution is -2.15. The van der Waals surface area contributed by atoms with Crippen molar-refractivity contribution in [2.24, 2.45) is 0 Å².